The third-order valence-corrected chi connectivity index (χ3v) is 5.30. The number of rotatable bonds is 5. The van der Waals surface area contributed by atoms with E-state index in [1.54, 1.807) is 6.08 Å². The summed E-state index contributed by atoms with van der Waals surface area (Å²) in [4.78, 5) is 15.7. The van der Waals surface area contributed by atoms with Gasteiger partial charge in [-0.05, 0) is 29.7 Å². The Morgan fingerprint density at radius 2 is 2.50 bits per heavy atom. The maximum Gasteiger partial charge on any atom is 0.314 e. The lowest BCUT2D eigenvalue weighted by atomic mass is 10.1. The molecule has 6 heteroatoms. The molecule has 2 unspecified atom stereocenters. The molecule has 2 aromatic heterocycles. The summed E-state index contributed by atoms with van der Waals surface area (Å²) in [7, 11) is 1.40. The van der Waals surface area contributed by atoms with Gasteiger partial charge in [-0.3, -0.25) is 4.79 Å². The molecular weight excluding hydrogens is 300 g/mol. The first-order valence-corrected chi connectivity index (χ1v) is 8.43. The molecule has 5 nitrogen and oxygen atoms in total. The maximum atomic E-state index is 12.5. The van der Waals surface area contributed by atoms with Gasteiger partial charge in [-0.1, -0.05) is 6.58 Å². The number of hydrogen-bond acceptors (Lipinski definition) is 3. The van der Waals surface area contributed by atoms with E-state index >= 15 is 0 Å². The highest BCUT2D eigenvalue weighted by Gasteiger charge is 2.36. The lowest BCUT2D eigenvalue weighted by Crippen LogP contribution is -2.11. The molecule has 0 radical (unpaired) electrons. The van der Waals surface area contributed by atoms with E-state index < -0.39 is 11.2 Å². The highest BCUT2D eigenvalue weighted by atomic mass is 32.2. The standard InChI is InChI=1S/C16H18N2O3S/c1-3-8-22(20)14-9-13-12(16(19)21-2)5-7-18(13)15(14)11-4-6-17-10-11/h3-4,6,9-10,12,17H,1,5,7-8H2,2H3. The van der Waals surface area contributed by atoms with Crippen molar-refractivity contribution in [1.82, 2.24) is 9.55 Å². The smallest absolute Gasteiger partial charge is 0.314 e. The predicted molar refractivity (Wildman–Crippen MR) is 85.1 cm³/mol. The molecule has 0 amide bonds. The third-order valence-electron chi connectivity index (χ3n) is 3.96. The number of carbonyl (C=O) groups is 1. The monoisotopic (exact) mass is 318 g/mol. The van der Waals surface area contributed by atoms with Crippen LogP contribution in [0.2, 0.25) is 0 Å². The summed E-state index contributed by atoms with van der Waals surface area (Å²) in [5, 5.41) is 0. The molecule has 1 aliphatic rings. The van der Waals surface area contributed by atoms with Gasteiger partial charge in [-0.15, -0.1) is 0 Å². The van der Waals surface area contributed by atoms with Gasteiger partial charge in [0.15, 0.2) is 4.90 Å². The van der Waals surface area contributed by atoms with E-state index in [9.17, 15) is 9.35 Å². The lowest BCUT2D eigenvalue weighted by molar-refractivity contribution is -0.142. The fourth-order valence-electron chi connectivity index (χ4n) is 3.00. The number of esters is 1. The van der Waals surface area contributed by atoms with Crippen LogP contribution in [0.25, 0.3) is 11.3 Å². The van der Waals surface area contributed by atoms with E-state index in [1.807, 2.05) is 24.5 Å². The van der Waals surface area contributed by atoms with Crippen LogP contribution >= 0.6 is 0 Å². The van der Waals surface area contributed by atoms with Gasteiger partial charge in [-0.2, -0.15) is 0 Å². The first kappa shape index (κ1) is 15.0. The molecule has 3 rings (SSSR count). The maximum absolute atomic E-state index is 12.5. The summed E-state index contributed by atoms with van der Waals surface area (Å²) in [5.74, 6) is -0.126. The molecule has 0 spiro atoms. The zero-order chi connectivity index (χ0) is 15.7. The first-order valence-electron chi connectivity index (χ1n) is 7.11. The van der Waals surface area contributed by atoms with E-state index in [4.69, 9.17) is 4.74 Å². The average molecular weight is 318 g/mol. The Bertz CT molecular complexity index is 691. The Labute approximate surface area is 132 Å². The number of hydrogen-bond donors (Lipinski definition) is 1. The number of aromatic nitrogens is 2. The number of fused-ring (bicyclic) bond motifs is 1. The van der Waals surface area contributed by atoms with Crippen LogP contribution in [-0.2, 0) is 27.3 Å². The Kier molecular flexibility index (Phi) is 4.13. The van der Waals surface area contributed by atoms with Crippen molar-refractivity contribution in [2.45, 2.75) is 23.8 Å². The van der Waals surface area contributed by atoms with E-state index in [-0.39, 0.29) is 11.9 Å². The van der Waals surface area contributed by atoms with Crippen molar-refractivity contribution in [3.63, 3.8) is 0 Å². The molecular formula is C16H18N2O3S. The first-order chi connectivity index (χ1) is 10.7. The van der Waals surface area contributed by atoms with E-state index in [0.29, 0.717) is 12.2 Å². The third kappa shape index (κ3) is 2.38. The Hall–Kier alpha value is -1.92. The number of H-pyrrole nitrogens is 1. The van der Waals surface area contributed by atoms with Crippen molar-refractivity contribution < 1.29 is 14.1 Å². The second kappa shape index (κ2) is 6.06. The molecule has 0 fully saturated rings. The number of nitrogens with one attached hydrogen (secondary N) is 1. The van der Waals surface area contributed by atoms with Crippen molar-refractivity contribution >= 4 is 17.1 Å². The number of nitrogens with zero attached hydrogens (tertiary/aromatic N) is 1. The fraction of sp³-hybridized carbons (Fsp3) is 0.312. The molecule has 116 valence electrons. The highest BCUT2D eigenvalue weighted by Crippen LogP contribution is 2.40. The molecule has 2 atom stereocenters. The molecule has 1 N–H and O–H groups in total. The zero-order valence-electron chi connectivity index (χ0n) is 12.4. The molecule has 1 aliphatic heterocycles. The van der Waals surface area contributed by atoms with E-state index in [1.165, 1.54) is 7.11 Å². The zero-order valence-corrected chi connectivity index (χ0v) is 13.2. The van der Waals surface area contributed by atoms with Gasteiger partial charge in [0.05, 0.1) is 13.0 Å². The van der Waals surface area contributed by atoms with Crippen LogP contribution in [0.3, 0.4) is 0 Å². The number of carbonyl (C=O) groups excluding carboxylic acids is 1. The minimum Gasteiger partial charge on any atom is -0.611 e. The van der Waals surface area contributed by atoms with Crippen molar-refractivity contribution in [3.8, 4) is 11.3 Å². The van der Waals surface area contributed by atoms with Crippen LogP contribution < -0.4 is 0 Å². The normalized spacial score (nSPS) is 18.0. The number of methoxy groups -OCH3 is 1. The summed E-state index contributed by atoms with van der Waals surface area (Å²) < 4.78 is 19.5. The molecule has 0 saturated heterocycles. The van der Waals surface area contributed by atoms with Gasteiger partial charge in [0, 0.05) is 36.3 Å². The number of aromatic amines is 1. The minimum absolute atomic E-state index is 0.238. The van der Waals surface area contributed by atoms with Crippen LogP contribution in [0.1, 0.15) is 18.0 Å². The van der Waals surface area contributed by atoms with Gasteiger partial charge < -0.3 is 18.8 Å². The second-order valence-electron chi connectivity index (χ2n) is 5.20. The van der Waals surface area contributed by atoms with Crippen LogP contribution in [0.4, 0.5) is 0 Å². The molecule has 0 aliphatic carbocycles. The van der Waals surface area contributed by atoms with Crippen molar-refractivity contribution in [1.29, 1.82) is 0 Å². The Balaban J connectivity index is 2.11. The summed E-state index contributed by atoms with van der Waals surface area (Å²) in [6.07, 6.45) is 6.08. The van der Waals surface area contributed by atoms with Gasteiger partial charge in [0.25, 0.3) is 0 Å². The van der Waals surface area contributed by atoms with Gasteiger partial charge >= 0.3 is 5.97 Å². The van der Waals surface area contributed by atoms with Crippen LogP contribution in [0.15, 0.2) is 42.1 Å². The van der Waals surface area contributed by atoms with Crippen LogP contribution in [-0.4, -0.2) is 32.9 Å². The minimum atomic E-state index is -1.17. The second-order valence-corrected chi connectivity index (χ2v) is 6.66. The topological polar surface area (TPSA) is 70.1 Å². The van der Waals surface area contributed by atoms with Gasteiger partial charge in [0.1, 0.15) is 11.4 Å². The van der Waals surface area contributed by atoms with Gasteiger partial charge in [0.2, 0.25) is 0 Å². The van der Waals surface area contributed by atoms with Gasteiger partial charge in [-0.25, -0.2) is 0 Å². The largest absolute Gasteiger partial charge is 0.611 e. The molecule has 0 aromatic carbocycles. The fourth-order valence-corrected chi connectivity index (χ4v) is 4.09. The Morgan fingerprint density at radius 3 is 3.14 bits per heavy atom. The quantitative estimate of drug-likeness (QED) is 0.523. The van der Waals surface area contributed by atoms with Crippen LogP contribution in [0, 0.1) is 0 Å². The molecule has 3 heterocycles. The van der Waals surface area contributed by atoms with Crippen molar-refractivity contribution in [2.75, 3.05) is 12.9 Å². The summed E-state index contributed by atoms with van der Waals surface area (Å²) in [6, 6.07) is 3.83. The lowest BCUT2D eigenvalue weighted by Gasteiger charge is -2.10. The Morgan fingerprint density at radius 1 is 1.68 bits per heavy atom. The number of ether oxygens (including phenoxy) is 1. The van der Waals surface area contributed by atoms with E-state index in [0.717, 1.165) is 28.4 Å². The van der Waals surface area contributed by atoms with Crippen molar-refractivity contribution in [2.24, 2.45) is 0 Å². The average Bonchev–Trinajstić information content (AvgIpc) is 3.21. The molecule has 2 aromatic rings. The molecule has 0 saturated carbocycles. The SMILES string of the molecule is C=CC[S+]([O-])c1cc2n(c1-c1cc[nH]c1)CCC2C(=O)OC. The van der Waals surface area contributed by atoms with Crippen LogP contribution in [0.5, 0.6) is 0 Å². The highest BCUT2D eigenvalue weighted by molar-refractivity contribution is 7.91. The predicted octanol–water partition coefficient (Wildman–Crippen LogP) is 2.44. The summed E-state index contributed by atoms with van der Waals surface area (Å²) in [6.45, 7) is 4.38. The van der Waals surface area contributed by atoms with Crippen molar-refractivity contribution in [3.05, 3.63) is 42.9 Å². The summed E-state index contributed by atoms with van der Waals surface area (Å²) in [5.41, 5.74) is 2.78. The molecule has 22 heavy (non-hydrogen) atoms. The van der Waals surface area contributed by atoms with E-state index in [2.05, 4.69) is 16.1 Å². The molecule has 0 bridgehead atoms. The summed E-state index contributed by atoms with van der Waals surface area (Å²) >= 11 is -1.17.